The molecule has 0 saturated carbocycles. The number of aryl methyl sites for hydroxylation is 2. The molecule has 0 spiro atoms. The molecule has 0 N–H and O–H groups in total. The molecule has 0 unspecified atom stereocenters. The minimum Gasteiger partial charge on any atom is -0.326 e. The van der Waals surface area contributed by atoms with Crippen molar-refractivity contribution >= 4 is 0 Å². The average Bonchev–Trinajstić information content (AvgIpc) is 3.10. The maximum absolute atomic E-state index is 4.49. The van der Waals surface area contributed by atoms with Crippen molar-refractivity contribution in [2.75, 3.05) is 0 Å². The number of aromatic nitrogens is 6. The van der Waals surface area contributed by atoms with Gasteiger partial charge in [-0.3, -0.25) is 4.68 Å². The Hall–Kier alpha value is -2.37. The van der Waals surface area contributed by atoms with Crippen LogP contribution in [0.1, 0.15) is 31.1 Å². The van der Waals surface area contributed by atoms with Crippen LogP contribution in [0.2, 0.25) is 0 Å². The second-order valence-corrected chi connectivity index (χ2v) is 5.54. The predicted molar refractivity (Wildman–Crippen MR) is 80.9 cm³/mol. The van der Waals surface area contributed by atoms with Crippen LogP contribution in [0, 0.1) is 6.92 Å². The van der Waals surface area contributed by atoms with E-state index in [0.717, 1.165) is 23.9 Å². The maximum atomic E-state index is 4.49. The van der Waals surface area contributed by atoms with Crippen LogP contribution in [0.4, 0.5) is 0 Å². The molecule has 110 valence electrons. The Labute approximate surface area is 124 Å². The standard InChI is InChI=1S/C15H20N6/c1-11(2)21-8-6-17-15(21)14-16-5-7-20(14)10-13-9-19(4)18-12(13)3/h5-9,11H,10H2,1-4H3. The van der Waals surface area contributed by atoms with E-state index in [9.17, 15) is 0 Å². The first kappa shape index (κ1) is 13.6. The van der Waals surface area contributed by atoms with Crippen LogP contribution in [0.3, 0.4) is 0 Å². The summed E-state index contributed by atoms with van der Waals surface area (Å²) in [5.74, 6) is 1.79. The molecule has 0 aliphatic rings. The molecule has 0 radical (unpaired) electrons. The Morgan fingerprint density at radius 1 is 1.10 bits per heavy atom. The minimum atomic E-state index is 0.354. The molecule has 0 aromatic carbocycles. The highest BCUT2D eigenvalue weighted by Gasteiger charge is 2.15. The third kappa shape index (κ3) is 2.49. The third-order valence-electron chi connectivity index (χ3n) is 3.60. The Kier molecular flexibility index (Phi) is 3.37. The monoisotopic (exact) mass is 284 g/mol. The summed E-state index contributed by atoms with van der Waals surface area (Å²) in [5.41, 5.74) is 2.24. The van der Waals surface area contributed by atoms with Crippen LogP contribution >= 0.6 is 0 Å². The molecule has 0 fully saturated rings. The second kappa shape index (κ2) is 5.20. The Bertz CT molecular complexity index is 746. The van der Waals surface area contributed by atoms with Crippen molar-refractivity contribution in [2.24, 2.45) is 7.05 Å². The number of rotatable bonds is 4. The normalized spacial score (nSPS) is 11.5. The Morgan fingerprint density at radius 2 is 1.81 bits per heavy atom. The second-order valence-electron chi connectivity index (χ2n) is 5.54. The minimum absolute atomic E-state index is 0.354. The lowest BCUT2D eigenvalue weighted by molar-refractivity contribution is 0.601. The molecule has 0 aliphatic carbocycles. The van der Waals surface area contributed by atoms with Crippen molar-refractivity contribution in [3.63, 3.8) is 0 Å². The highest BCUT2D eigenvalue weighted by atomic mass is 15.3. The summed E-state index contributed by atoms with van der Waals surface area (Å²) < 4.78 is 6.09. The maximum Gasteiger partial charge on any atom is 0.176 e. The first-order chi connectivity index (χ1) is 10.1. The van der Waals surface area contributed by atoms with Gasteiger partial charge in [0.05, 0.1) is 12.2 Å². The van der Waals surface area contributed by atoms with E-state index in [1.807, 2.05) is 49.6 Å². The fraction of sp³-hybridized carbons (Fsp3) is 0.400. The van der Waals surface area contributed by atoms with Crippen LogP contribution < -0.4 is 0 Å². The molecule has 0 atom stereocenters. The molecule has 0 aliphatic heterocycles. The molecule has 3 aromatic heterocycles. The van der Waals surface area contributed by atoms with Gasteiger partial charge in [-0.25, -0.2) is 9.97 Å². The quantitative estimate of drug-likeness (QED) is 0.739. The van der Waals surface area contributed by atoms with Crippen molar-refractivity contribution in [1.29, 1.82) is 0 Å². The van der Waals surface area contributed by atoms with Crippen LogP contribution in [-0.2, 0) is 13.6 Å². The van der Waals surface area contributed by atoms with Gasteiger partial charge in [0.15, 0.2) is 11.6 Å². The number of hydrogen-bond acceptors (Lipinski definition) is 3. The molecule has 3 rings (SSSR count). The van der Waals surface area contributed by atoms with Gasteiger partial charge in [0.25, 0.3) is 0 Å². The average molecular weight is 284 g/mol. The van der Waals surface area contributed by atoms with Crippen LogP contribution in [0.15, 0.2) is 31.0 Å². The van der Waals surface area contributed by atoms with Gasteiger partial charge >= 0.3 is 0 Å². The fourth-order valence-corrected chi connectivity index (χ4v) is 2.53. The number of nitrogens with zero attached hydrogens (tertiary/aromatic N) is 6. The van der Waals surface area contributed by atoms with Gasteiger partial charge in [-0.15, -0.1) is 0 Å². The van der Waals surface area contributed by atoms with Crippen molar-refractivity contribution in [3.05, 3.63) is 42.2 Å². The molecule has 0 bridgehead atoms. The molecular weight excluding hydrogens is 264 g/mol. The van der Waals surface area contributed by atoms with Crippen LogP contribution in [0.25, 0.3) is 11.6 Å². The Balaban J connectivity index is 1.98. The molecule has 6 heteroatoms. The van der Waals surface area contributed by atoms with E-state index in [2.05, 4.69) is 38.0 Å². The van der Waals surface area contributed by atoms with E-state index in [-0.39, 0.29) is 0 Å². The largest absolute Gasteiger partial charge is 0.326 e. The zero-order valence-electron chi connectivity index (χ0n) is 12.9. The number of imidazole rings is 2. The van der Waals surface area contributed by atoms with Crippen LogP contribution in [-0.4, -0.2) is 28.9 Å². The molecule has 3 aromatic rings. The SMILES string of the molecule is Cc1nn(C)cc1Cn1ccnc1-c1nccn1C(C)C. The molecule has 3 heterocycles. The topological polar surface area (TPSA) is 53.5 Å². The summed E-state index contributed by atoms with van der Waals surface area (Å²) in [6.07, 6.45) is 9.67. The Morgan fingerprint density at radius 3 is 2.48 bits per heavy atom. The lowest BCUT2D eigenvalue weighted by Crippen LogP contribution is -2.08. The first-order valence-corrected chi connectivity index (χ1v) is 7.09. The summed E-state index contributed by atoms with van der Waals surface area (Å²) in [5, 5.41) is 4.39. The van der Waals surface area contributed by atoms with Gasteiger partial charge in [-0.2, -0.15) is 5.10 Å². The molecule has 0 saturated heterocycles. The third-order valence-corrected chi connectivity index (χ3v) is 3.60. The highest BCUT2D eigenvalue weighted by Crippen LogP contribution is 2.20. The van der Waals surface area contributed by atoms with E-state index in [0.29, 0.717) is 6.04 Å². The fourth-order valence-electron chi connectivity index (χ4n) is 2.53. The van der Waals surface area contributed by atoms with Gasteiger partial charge in [-0.05, 0) is 20.8 Å². The molecule has 6 nitrogen and oxygen atoms in total. The predicted octanol–water partition coefficient (Wildman–Crippen LogP) is 2.42. The van der Waals surface area contributed by atoms with Gasteiger partial charge in [0.2, 0.25) is 0 Å². The van der Waals surface area contributed by atoms with Crippen molar-refractivity contribution in [2.45, 2.75) is 33.4 Å². The summed E-state index contributed by atoms with van der Waals surface area (Å²) in [4.78, 5) is 8.96. The molecule has 0 amide bonds. The van der Waals surface area contributed by atoms with E-state index in [1.165, 1.54) is 5.56 Å². The van der Waals surface area contributed by atoms with Gasteiger partial charge < -0.3 is 9.13 Å². The smallest absolute Gasteiger partial charge is 0.176 e. The van der Waals surface area contributed by atoms with Gasteiger partial charge in [-0.1, -0.05) is 0 Å². The van der Waals surface area contributed by atoms with E-state index in [1.54, 1.807) is 0 Å². The van der Waals surface area contributed by atoms with E-state index >= 15 is 0 Å². The van der Waals surface area contributed by atoms with Crippen molar-refractivity contribution in [1.82, 2.24) is 28.9 Å². The molecule has 21 heavy (non-hydrogen) atoms. The van der Waals surface area contributed by atoms with E-state index < -0.39 is 0 Å². The molecular formula is C15H20N6. The van der Waals surface area contributed by atoms with Crippen LogP contribution in [0.5, 0.6) is 0 Å². The van der Waals surface area contributed by atoms with Crippen molar-refractivity contribution in [3.8, 4) is 11.6 Å². The lowest BCUT2D eigenvalue weighted by atomic mass is 10.2. The highest BCUT2D eigenvalue weighted by molar-refractivity contribution is 5.45. The number of hydrogen-bond donors (Lipinski definition) is 0. The summed E-state index contributed by atoms with van der Waals surface area (Å²) in [7, 11) is 1.94. The van der Waals surface area contributed by atoms with E-state index in [4.69, 9.17) is 0 Å². The van der Waals surface area contributed by atoms with Gasteiger partial charge in [0, 0.05) is 49.6 Å². The van der Waals surface area contributed by atoms with Crippen molar-refractivity contribution < 1.29 is 0 Å². The van der Waals surface area contributed by atoms with Gasteiger partial charge in [0.1, 0.15) is 0 Å². The zero-order valence-corrected chi connectivity index (χ0v) is 12.9. The summed E-state index contributed by atoms with van der Waals surface area (Å²) in [6.45, 7) is 7.06. The summed E-state index contributed by atoms with van der Waals surface area (Å²) >= 11 is 0. The first-order valence-electron chi connectivity index (χ1n) is 7.09. The zero-order chi connectivity index (χ0) is 15.0. The summed E-state index contributed by atoms with van der Waals surface area (Å²) in [6, 6.07) is 0.354. The lowest BCUT2D eigenvalue weighted by Gasteiger charge is -2.12.